The second-order valence-corrected chi connectivity index (χ2v) is 5.72. The first-order chi connectivity index (χ1) is 9.32. The van der Waals surface area contributed by atoms with Gasteiger partial charge in [0.25, 0.3) is 0 Å². The van der Waals surface area contributed by atoms with E-state index in [1.54, 1.807) is 6.07 Å². The lowest BCUT2D eigenvalue weighted by molar-refractivity contribution is 0.626. The minimum atomic E-state index is -0.347. The number of hydrogen-bond acceptors (Lipinski definition) is 1. The second-order valence-electron chi connectivity index (χ2n) is 5.32. The standard InChI is InChI=1S/C17H19ClFN/c1-9-7-10(2)12(4)16(11(9)3)17(20)14-6-5-13(19)8-15(14)18/h5-8,17H,20H2,1-4H3. The first-order valence-electron chi connectivity index (χ1n) is 6.60. The summed E-state index contributed by atoms with van der Waals surface area (Å²) in [6, 6.07) is 6.19. The highest BCUT2D eigenvalue weighted by Gasteiger charge is 2.19. The molecular weight excluding hydrogens is 273 g/mol. The van der Waals surface area contributed by atoms with Crippen molar-refractivity contribution < 1.29 is 4.39 Å². The molecule has 1 unspecified atom stereocenters. The third-order valence-electron chi connectivity index (χ3n) is 4.03. The van der Waals surface area contributed by atoms with Gasteiger partial charge in [-0.2, -0.15) is 0 Å². The van der Waals surface area contributed by atoms with Crippen LogP contribution in [0.5, 0.6) is 0 Å². The van der Waals surface area contributed by atoms with Crippen molar-refractivity contribution in [2.75, 3.05) is 0 Å². The zero-order valence-corrected chi connectivity index (χ0v) is 13.0. The molecule has 0 amide bonds. The molecule has 0 heterocycles. The molecule has 0 aliphatic carbocycles. The summed E-state index contributed by atoms with van der Waals surface area (Å²) in [6.45, 7) is 8.28. The van der Waals surface area contributed by atoms with Gasteiger partial charge in [-0.05, 0) is 73.2 Å². The maximum atomic E-state index is 13.2. The molecule has 106 valence electrons. The van der Waals surface area contributed by atoms with Crippen LogP contribution in [0, 0.1) is 33.5 Å². The Labute approximate surface area is 124 Å². The highest BCUT2D eigenvalue weighted by atomic mass is 35.5. The van der Waals surface area contributed by atoms with Gasteiger partial charge in [-0.15, -0.1) is 0 Å². The Hall–Kier alpha value is -1.38. The van der Waals surface area contributed by atoms with Gasteiger partial charge in [0.05, 0.1) is 6.04 Å². The summed E-state index contributed by atoms with van der Waals surface area (Å²) in [6.07, 6.45) is 0. The van der Waals surface area contributed by atoms with Crippen LogP contribution < -0.4 is 5.73 Å². The quantitative estimate of drug-likeness (QED) is 0.848. The minimum Gasteiger partial charge on any atom is -0.320 e. The fourth-order valence-electron chi connectivity index (χ4n) is 2.62. The van der Waals surface area contributed by atoms with Crippen molar-refractivity contribution in [3.8, 4) is 0 Å². The maximum Gasteiger partial charge on any atom is 0.124 e. The largest absolute Gasteiger partial charge is 0.320 e. The molecule has 2 N–H and O–H groups in total. The van der Waals surface area contributed by atoms with Crippen LogP contribution in [-0.4, -0.2) is 0 Å². The molecule has 1 atom stereocenters. The summed E-state index contributed by atoms with van der Waals surface area (Å²) in [7, 11) is 0. The Bertz CT molecular complexity index is 638. The number of benzene rings is 2. The monoisotopic (exact) mass is 291 g/mol. The number of nitrogens with two attached hydrogens (primary N) is 1. The molecule has 20 heavy (non-hydrogen) atoms. The van der Waals surface area contributed by atoms with Crippen molar-refractivity contribution in [2.24, 2.45) is 5.73 Å². The lowest BCUT2D eigenvalue weighted by atomic mass is 9.87. The predicted molar refractivity (Wildman–Crippen MR) is 82.8 cm³/mol. The van der Waals surface area contributed by atoms with Crippen LogP contribution in [0.4, 0.5) is 4.39 Å². The van der Waals surface area contributed by atoms with Crippen molar-refractivity contribution in [1.29, 1.82) is 0 Å². The third kappa shape index (κ3) is 2.58. The van der Waals surface area contributed by atoms with Crippen LogP contribution in [-0.2, 0) is 0 Å². The van der Waals surface area contributed by atoms with E-state index in [-0.39, 0.29) is 11.9 Å². The van der Waals surface area contributed by atoms with Gasteiger partial charge in [-0.1, -0.05) is 23.7 Å². The Morgan fingerprint density at radius 3 is 2.05 bits per heavy atom. The number of hydrogen-bond donors (Lipinski definition) is 1. The van der Waals surface area contributed by atoms with Gasteiger partial charge in [0.15, 0.2) is 0 Å². The predicted octanol–water partition coefficient (Wildman–Crippen LogP) is 4.76. The Kier molecular flexibility index (Phi) is 4.17. The molecule has 2 aromatic carbocycles. The molecule has 0 saturated heterocycles. The van der Waals surface area contributed by atoms with E-state index in [2.05, 4.69) is 33.8 Å². The van der Waals surface area contributed by atoms with Gasteiger partial charge in [0.1, 0.15) is 5.82 Å². The summed E-state index contributed by atoms with van der Waals surface area (Å²) in [5, 5.41) is 0.371. The molecular formula is C17H19ClFN. The first kappa shape index (κ1) is 15.0. The van der Waals surface area contributed by atoms with Gasteiger partial charge in [0, 0.05) is 5.02 Å². The van der Waals surface area contributed by atoms with Crippen molar-refractivity contribution in [1.82, 2.24) is 0 Å². The molecule has 0 aliphatic rings. The number of rotatable bonds is 2. The SMILES string of the molecule is Cc1cc(C)c(C)c(C(N)c2ccc(F)cc2Cl)c1C. The zero-order valence-electron chi connectivity index (χ0n) is 12.2. The minimum absolute atomic E-state index is 0.346. The second kappa shape index (κ2) is 5.55. The van der Waals surface area contributed by atoms with Crippen molar-refractivity contribution in [3.05, 3.63) is 68.5 Å². The number of halogens is 2. The summed E-state index contributed by atoms with van der Waals surface area (Å²) in [5.74, 6) is -0.347. The molecule has 2 aromatic rings. The molecule has 0 radical (unpaired) electrons. The van der Waals surface area contributed by atoms with Crippen LogP contribution in [0.2, 0.25) is 5.02 Å². The van der Waals surface area contributed by atoms with Crippen molar-refractivity contribution in [2.45, 2.75) is 33.7 Å². The molecule has 0 aromatic heterocycles. The van der Waals surface area contributed by atoms with Crippen LogP contribution >= 0.6 is 11.6 Å². The van der Waals surface area contributed by atoms with E-state index in [4.69, 9.17) is 17.3 Å². The molecule has 0 fully saturated rings. The van der Waals surface area contributed by atoms with Gasteiger partial charge >= 0.3 is 0 Å². The molecule has 3 heteroatoms. The normalized spacial score (nSPS) is 12.6. The average Bonchev–Trinajstić information content (AvgIpc) is 2.36. The fraction of sp³-hybridized carbons (Fsp3) is 0.294. The maximum absolute atomic E-state index is 13.2. The van der Waals surface area contributed by atoms with E-state index in [1.165, 1.54) is 34.4 Å². The molecule has 0 aliphatic heterocycles. The lowest BCUT2D eigenvalue weighted by Gasteiger charge is -2.22. The lowest BCUT2D eigenvalue weighted by Crippen LogP contribution is -2.16. The molecule has 1 nitrogen and oxygen atoms in total. The Morgan fingerprint density at radius 1 is 1.00 bits per heavy atom. The fourth-order valence-corrected chi connectivity index (χ4v) is 2.91. The summed E-state index contributed by atoms with van der Waals surface area (Å²) >= 11 is 6.14. The van der Waals surface area contributed by atoms with E-state index in [0.717, 1.165) is 11.1 Å². The Morgan fingerprint density at radius 2 is 1.55 bits per heavy atom. The van der Waals surface area contributed by atoms with Crippen molar-refractivity contribution >= 4 is 11.6 Å². The van der Waals surface area contributed by atoms with E-state index in [9.17, 15) is 4.39 Å². The number of aryl methyl sites for hydroxylation is 2. The highest BCUT2D eigenvalue weighted by Crippen LogP contribution is 2.33. The van der Waals surface area contributed by atoms with Crippen LogP contribution in [0.1, 0.15) is 39.4 Å². The van der Waals surface area contributed by atoms with Crippen LogP contribution in [0.15, 0.2) is 24.3 Å². The summed E-state index contributed by atoms with van der Waals surface area (Å²) in [4.78, 5) is 0. The summed E-state index contributed by atoms with van der Waals surface area (Å²) in [5.41, 5.74) is 13.0. The molecule has 0 bridgehead atoms. The topological polar surface area (TPSA) is 26.0 Å². The highest BCUT2D eigenvalue weighted by molar-refractivity contribution is 6.31. The smallest absolute Gasteiger partial charge is 0.124 e. The Balaban J connectivity index is 2.62. The molecule has 0 saturated carbocycles. The van der Waals surface area contributed by atoms with E-state index < -0.39 is 0 Å². The van der Waals surface area contributed by atoms with E-state index >= 15 is 0 Å². The molecule has 2 rings (SSSR count). The van der Waals surface area contributed by atoms with Gasteiger partial charge in [-0.25, -0.2) is 4.39 Å². The van der Waals surface area contributed by atoms with Crippen molar-refractivity contribution in [3.63, 3.8) is 0 Å². The summed E-state index contributed by atoms with van der Waals surface area (Å²) < 4.78 is 13.2. The average molecular weight is 292 g/mol. The third-order valence-corrected chi connectivity index (χ3v) is 4.36. The molecule has 0 spiro atoms. The zero-order chi connectivity index (χ0) is 15.0. The van der Waals surface area contributed by atoms with Crippen LogP contribution in [0.25, 0.3) is 0 Å². The van der Waals surface area contributed by atoms with Gasteiger partial charge in [-0.3, -0.25) is 0 Å². The first-order valence-corrected chi connectivity index (χ1v) is 6.98. The van der Waals surface area contributed by atoms with E-state index in [0.29, 0.717) is 5.02 Å². The van der Waals surface area contributed by atoms with E-state index in [1.807, 2.05) is 0 Å². The van der Waals surface area contributed by atoms with Gasteiger partial charge in [0.2, 0.25) is 0 Å². The van der Waals surface area contributed by atoms with Crippen LogP contribution in [0.3, 0.4) is 0 Å². The van der Waals surface area contributed by atoms with Gasteiger partial charge < -0.3 is 5.73 Å².